The monoisotopic (exact) mass is 84.1 g/mol. The van der Waals surface area contributed by atoms with Crippen molar-refractivity contribution in [3.8, 4) is 0 Å². The first-order chi connectivity index (χ1) is 2.77. The highest BCUT2D eigenvalue weighted by molar-refractivity contribution is 4.87. The van der Waals surface area contributed by atoms with Gasteiger partial charge in [0.15, 0.2) is 0 Å². The second-order valence-corrected chi connectivity index (χ2v) is 1.06. The standard InChI is InChI=1S/C5H8O/c1-3-4-5(2)6/h3,6H,1-2,4H2. The van der Waals surface area contributed by atoms with Gasteiger partial charge in [-0.3, -0.25) is 0 Å². The molecule has 0 atom stereocenters. The fourth-order valence-electron chi connectivity index (χ4n) is 0.167. The Morgan fingerprint density at radius 2 is 2.33 bits per heavy atom. The molecule has 0 saturated carbocycles. The highest BCUT2D eigenvalue weighted by atomic mass is 16.3. The van der Waals surface area contributed by atoms with Gasteiger partial charge in [-0.1, -0.05) is 12.7 Å². The van der Waals surface area contributed by atoms with Gasteiger partial charge in [0.2, 0.25) is 0 Å². The van der Waals surface area contributed by atoms with Crippen LogP contribution in [0.2, 0.25) is 0 Å². The van der Waals surface area contributed by atoms with Gasteiger partial charge in [0, 0.05) is 6.42 Å². The Bertz CT molecular complexity index is 64.3. The Balaban J connectivity index is 3.05. The largest absolute Gasteiger partial charge is 0.513 e. The molecule has 0 saturated heterocycles. The number of allylic oxidation sites excluding steroid dienone is 1. The molecule has 0 bridgehead atoms. The molecule has 1 N–H and O–H groups in total. The van der Waals surface area contributed by atoms with Crippen molar-refractivity contribution in [3.63, 3.8) is 0 Å². The average molecular weight is 84.1 g/mol. The maximum atomic E-state index is 8.29. The molecule has 1 nitrogen and oxygen atoms in total. The molecule has 0 heterocycles. The van der Waals surface area contributed by atoms with Crippen LogP contribution in [0.4, 0.5) is 0 Å². The van der Waals surface area contributed by atoms with Gasteiger partial charge in [-0.05, 0) is 0 Å². The van der Waals surface area contributed by atoms with Gasteiger partial charge in [-0.25, -0.2) is 0 Å². The lowest BCUT2D eigenvalue weighted by atomic mass is 10.4. The Labute approximate surface area is 37.6 Å². The van der Waals surface area contributed by atoms with E-state index in [2.05, 4.69) is 13.2 Å². The Morgan fingerprint density at radius 3 is 2.33 bits per heavy atom. The quantitative estimate of drug-likeness (QED) is 0.398. The minimum absolute atomic E-state index is 0.171. The van der Waals surface area contributed by atoms with Gasteiger partial charge in [0.25, 0.3) is 0 Å². The van der Waals surface area contributed by atoms with Gasteiger partial charge in [0.05, 0.1) is 5.76 Å². The molecule has 1 heteroatoms. The van der Waals surface area contributed by atoms with E-state index < -0.39 is 0 Å². The molecule has 0 fully saturated rings. The summed E-state index contributed by atoms with van der Waals surface area (Å²) in [7, 11) is 0. The molecule has 0 aliphatic carbocycles. The van der Waals surface area contributed by atoms with Crippen molar-refractivity contribution in [1.82, 2.24) is 0 Å². The van der Waals surface area contributed by atoms with Gasteiger partial charge >= 0.3 is 0 Å². The molecule has 0 aromatic rings. The summed E-state index contributed by atoms with van der Waals surface area (Å²) >= 11 is 0. The zero-order valence-corrected chi connectivity index (χ0v) is 3.65. The van der Waals surface area contributed by atoms with E-state index in [9.17, 15) is 0 Å². The van der Waals surface area contributed by atoms with Crippen LogP contribution >= 0.6 is 0 Å². The molecular weight excluding hydrogens is 76.1 g/mol. The summed E-state index contributed by atoms with van der Waals surface area (Å²) in [4.78, 5) is 0. The van der Waals surface area contributed by atoms with Gasteiger partial charge < -0.3 is 5.11 Å². The summed E-state index contributed by atoms with van der Waals surface area (Å²) < 4.78 is 0. The number of rotatable bonds is 2. The van der Waals surface area contributed by atoms with Crippen molar-refractivity contribution in [2.45, 2.75) is 6.42 Å². The van der Waals surface area contributed by atoms with Crippen LogP contribution in [0.25, 0.3) is 0 Å². The topological polar surface area (TPSA) is 20.2 Å². The minimum Gasteiger partial charge on any atom is -0.513 e. The second-order valence-electron chi connectivity index (χ2n) is 1.06. The van der Waals surface area contributed by atoms with Crippen LogP contribution < -0.4 is 0 Å². The zero-order valence-electron chi connectivity index (χ0n) is 3.65. The van der Waals surface area contributed by atoms with E-state index in [0.717, 1.165) is 0 Å². The predicted molar refractivity (Wildman–Crippen MR) is 26.6 cm³/mol. The fraction of sp³-hybridized carbons (Fsp3) is 0.200. The Kier molecular flexibility index (Phi) is 2.21. The first kappa shape index (κ1) is 5.28. The normalized spacial score (nSPS) is 7.33. The number of aliphatic hydroxyl groups excluding tert-OH is 1. The van der Waals surface area contributed by atoms with Crippen LogP contribution in [0.15, 0.2) is 25.0 Å². The fourth-order valence-corrected chi connectivity index (χ4v) is 0.167. The first-order valence-electron chi connectivity index (χ1n) is 1.75. The van der Waals surface area contributed by atoms with Crippen LogP contribution in [0.1, 0.15) is 6.42 Å². The highest BCUT2D eigenvalue weighted by Gasteiger charge is 1.74. The van der Waals surface area contributed by atoms with E-state index >= 15 is 0 Å². The summed E-state index contributed by atoms with van der Waals surface area (Å²) in [6.45, 7) is 6.61. The molecule has 0 aromatic heterocycles. The number of hydrogen-bond donors (Lipinski definition) is 1. The van der Waals surface area contributed by atoms with Crippen LogP contribution in [-0.2, 0) is 0 Å². The van der Waals surface area contributed by atoms with Crippen LogP contribution in [0.3, 0.4) is 0 Å². The number of aliphatic hydroxyl groups is 1. The third kappa shape index (κ3) is 3.28. The van der Waals surface area contributed by atoms with E-state index in [1.54, 1.807) is 6.08 Å². The third-order valence-electron chi connectivity index (χ3n) is 0.380. The smallest absolute Gasteiger partial charge is 0.0888 e. The summed E-state index contributed by atoms with van der Waals surface area (Å²) in [6.07, 6.45) is 2.10. The Morgan fingerprint density at radius 1 is 1.83 bits per heavy atom. The number of hydrogen-bond acceptors (Lipinski definition) is 1. The minimum atomic E-state index is 0.171. The van der Waals surface area contributed by atoms with Gasteiger partial charge in [-0.15, -0.1) is 6.58 Å². The molecule has 6 heavy (non-hydrogen) atoms. The van der Waals surface area contributed by atoms with Gasteiger partial charge in [0.1, 0.15) is 0 Å². The van der Waals surface area contributed by atoms with Crippen LogP contribution in [0, 0.1) is 0 Å². The second kappa shape index (κ2) is 2.51. The van der Waals surface area contributed by atoms with Crippen molar-refractivity contribution in [2.24, 2.45) is 0 Å². The summed E-state index contributed by atoms with van der Waals surface area (Å²) in [5.41, 5.74) is 0. The lowest BCUT2D eigenvalue weighted by Crippen LogP contribution is -1.68. The third-order valence-corrected chi connectivity index (χ3v) is 0.380. The molecule has 0 aliphatic rings. The van der Waals surface area contributed by atoms with Crippen molar-refractivity contribution < 1.29 is 5.11 Å². The summed E-state index contributed by atoms with van der Waals surface area (Å²) in [6, 6.07) is 0. The summed E-state index contributed by atoms with van der Waals surface area (Å²) in [5, 5.41) is 8.29. The maximum absolute atomic E-state index is 8.29. The molecule has 0 unspecified atom stereocenters. The SMILES string of the molecule is C=CCC(=C)O. The molecular formula is C5H8O. The van der Waals surface area contributed by atoms with Crippen molar-refractivity contribution >= 4 is 0 Å². The molecule has 0 rings (SSSR count). The first-order valence-corrected chi connectivity index (χ1v) is 1.75. The van der Waals surface area contributed by atoms with E-state index in [0.29, 0.717) is 6.42 Å². The lowest BCUT2D eigenvalue weighted by molar-refractivity contribution is 0.404. The van der Waals surface area contributed by atoms with Crippen LogP contribution in [0.5, 0.6) is 0 Å². The predicted octanol–water partition coefficient (Wildman–Crippen LogP) is 1.63. The average Bonchev–Trinajstić information content (AvgIpc) is 1.35. The highest BCUT2D eigenvalue weighted by Crippen LogP contribution is 1.88. The zero-order chi connectivity index (χ0) is 4.99. The molecule has 34 valence electrons. The maximum Gasteiger partial charge on any atom is 0.0888 e. The van der Waals surface area contributed by atoms with Crippen molar-refractivity contribution in [1.29, 1.82) is 0 Å². The van der Waals surface area contributed by atoms with Crippen molar-refractivity contribution in [2.75, 3.05) is 0 Å². The van der Waals surface area contributed by atoms with Crippen LogP contribution in [-0.4, -0.2) is 5.11 Å². The molecule has 0 aromatic carbocycles. The van der Waals surface area contributed by atoms with Crippen molar-refractivity contribution in [3.05, 3.63) is 25.0 Å². The van der Waals surface area contributed by atoms with Gasteiger partial charge in [-0.2, -0.15) is 0 Å². The Hall–Kier alpha value is -0.720. The summed E-state index contributed by atoms with van der Waals surface area (Å²) in [5.74, 6) is 0.171. The molecule has 0 amide bonds. The molecule has 0 aliphatic heterocycles. The van der Waals surface area contributed by atoms with E-state index in [4.69, 9.17) is 5.11 Å². The molecule has 0 radical (unpaired) electrons. The van der Waals surface area contributed by atoms with E-state index in [1.807, 2.05) is 0 Å². The van der Waals surface area contributed by atoms with E-state index in [1.165, 1.54) is 0 Å². The van der Waals surface area contributed by atoms with E-state index in [-0.39, 0.29) is 5.76 Å². The molecule has 0 spiro atoms. The lowest BCUT2D eigenvalue weighted by Gasteiger charge is -1.82.